The van der Waals surface area contributed by atoms with Gasteiger partial charge in [-0.25, -0.2) is 8.78 Å². The van der Waals surface area contributed by atoms with Crippen LogP contribution in [0.4, 0.5) is 27.6 Å². The van der Waals surface area contributed by atoms with Gasteiger partial charge in [0.05, 0.1) is 23.6 Å². The number of amides is 2. The molecule has 1 heterocycles. The van der Waals surface area contributed by atoms with Crippen LogP contribution in [-0.2, 0) is 16.0 Å². The van der Waals surface area contributed by atoms with Crippen LogP contribution in [0.1, 0.15) is 32.3 Å². The number of thiocarbonyl (C=S) groups is 1. The van der Waals surface area contributed by atoms with Crippen molar-refractivity contribution in [3.8, 4) is 6.07 Å². The number of nitriles is 1. The number of allylic oxidation sites excluding steroid dienone is 3. The number of carbonyl (C=O) groups is 2. The number of anilines is 1. The Bertz CT molecular complexity index is 1200. The molecule has 2 unspecified atom stereocenters. The molecule has 1 aromatic rings. The molecule has 0 saturated carbocycles. The van der Waals surface area contributed by atoms with Crippen molar-refractivity contribution in [3.63, 3.8) is 0 Å². The van der Waals surface area contributed by atoms with E-state index in [0.29, 0.717) is 29.0 Å². The summed E-state index contributed by atoms with van der Waals surface area (Å²) in [5, 5.41) is 11.2. The first-order valence-corrected chi connectivity index (χ1v) is 11.4. The molecule has 1 aliphatic heterocycles. The van der Waals surface area contributed by atoms with Crippen LogP contribution < -0.4 is 10.2 Å². The van der Waals surface area contributed by atoms with Gasteiger partial charge in [-0.3, -0.25) is 14.5 Å². The Hall–Kier alpha value is -3.33. The number of halogens is 5. The molecule has 36 heavy (non-hydrogen) atoms. The number of rotatable bonds is 6. The van der Waals surface area contributed by atoms with Crippen LogP contribution in [0.15, 0.2) is 41.9 Å². The van der Waals surface area contributed by atoms with Crippen molar-refractivity contribution >= 4 is 34.8 Å². The first kappa shape index (κ1) is 27.3. The van der Waals surface area contributed by atoms with Gasteiger partial charge in [0, 0.05) is 19.2 Å². The minimum absolute atomic E-state index is 0.150. The van der Waals surface area contributed by atoms with Crippen LogP contribution in [0, 0.1) is 29.0 Å². The lowest BCUT2D eigenvalue weighted by atomic mass is 9.87. The number of carbonyl (C=O) groups excluding carboxylic acids is 2. The Kier molecular flexibility index (Phi) is 7.55. The quantitative estimate of drug-likeness (QED) is 0.431. The summed E-state index contributed by atoms with van der Waals surface area (Å²) in [5.41, 5.74) is -1.71. The first-order valence-electron chi connectivity index (χ1n) is 11.0. The average Bonchev–Trinajstić information content (AvgIpc) is 2.97. The van der Waals surface area contributed by atoms with Gasteiger partial charge >= 0.3 is 6.18 Å². The highest BCUT2D eigenvalue weighted by Gasteiger charge is 2.53. The second-order valence-electron chi connectivity index (χ2n) is 8.91. The van der Waals surface area contributed by atoms with E-state index in [4.69, 9.17) is 17.5 Å². The molecule has 6 nitrogen and oxygen atoms in total. The molecule has 0 bridgehead atoms. The molecule has 192 valence electrons. The zero-order valence-corrected chi connectivity index (χ0v) is 20.4. The first-order chi connectivity index (χ1) is 16.7. The molecular formula is C24H23F5N4O2S. The van der Waals surface area contributed by atoms with Crippen molar-refractivity contribution in [3.05, 3.63) is 53.3 Å². The van der Waals surface area contributed by atoms with Crippen molar-refractivity contribution in [1.82, 2.24) is 10.2 Å². The fraction of sp³-hybridized carbons (Fsp3) is 0.417. The molecule has 12 heteroatoms. The monoisotopic (exact) mass is 526 g/mol. The predicted octanol–water partition coefficient (Wildman–Crippen LogP) is 4.68. The highest BCUT2D eigenvalue weighted by atomic mass is 32.1. The van der Waals surface area contributed by atoms with E-state index >= 15 is 0 Å². The van der Waals surface area contributed by atoms with Crippen molar-refractivity contribution in [1.29, 1.82) is 5.26 Å². The maximum absolute atomic E-state index is 14.9. The summed E-state index contributed by atoms with van der Waals surface area (Å²) >= 11 is 5.36. The maximum atomic E-state index is 14.9. The van der Waals surface area contributed by atoms with Crippen molar-refractivity contribution in [2.75, 3.05) is 11.9 Å². The summed E-state index contributed by atoms with van der Waals surface area (Å²) in [6.07, 6.45) is -2.96. The molecule has 1 aromatic carbocycles. The third-order valence-electron chi connectivity index (χ3n) is 6.15. The Balaban J connectivity index is 1.94. The number of benzene rings is 1. The number of nitrogens with one attached hydrogen (secondary N) is 1. The largest absolute Gasteiger partial charge is 0.396 e. The van der Waals surface area contributed by atoms with Crippen molar-refractivity contribution in [2.45, 2.75) is 44.8 Å². The highest BCUT2D eigenvalue weighted by molar-refractivity contribution is 7.80. The number of nitrogens with zero attached hydrogens (tertiary/aromatic N) is 3. The Morgan fingerprint density at radius 1 is 1.25 bits per heavy atom. The summed E-state index contributed by atoms with van der Waals surface area (Å²) in [5.74, 6) is -6.93. The second-order valence-corrected chi connectivity index (χ2v) is 9.27. The highest BCUT2D eigenvalue weighted by Crippen LogP contribution is 2.43. The fourth-order valence-corrected chi connectivity index (χ4v) is 4.70. The SMILES string of the molecule is CNC(=O)CCCc1ccc(N2C(=S)N(C3=CC(C(F)(F)F)C(C#N)C=C3F)C(=O)C2(C)C)cc1F. The van der Waals surface area contributed by atoms with Gasteiger partial charge < -0.3 is 10.2 Å². The van der Waals surface area contributed by atoms with Gasteiger partial charge in [0.1, 0.15) is 17.2 Å². The van der Waals surface area contributed by atoms with Gasteiger partial charge in [0.25, 0.3) is 5.91 Å². The average molecular weight is 527 g/mol. The third kappa shape index (κ3) is 4.97. The van der Waals surface area contributed by atoms with Crippen LogP contribution >= 0.6 is 12.2 Å². The Morgan fingerprint density at radius 2 is 1.92 bits per heavy atom. The van der Waals surface area contributed by atoms with E-state index in [0.717, 1.165) is 6.07 Å². The molecule has 2 atom stereocenters. The van der Waals surface area contributed by atoms with E-state index in [-0.39, 0.29) is 29.5 Å². The molecule has 2 amide bonds. The number of hydrogen-bond acceptors (Lipinski definition) is 4. The molecule has 1 fully saturated rings. The van der Waals surface area contributed by atoms with Crippen molar-refractivity contribution in [2.24, 2.45) is 11.8 Å². The summed E-state index contributed by atoms with van der Waals surface area (Å²) in [7, 11) is 1.50. The van der Waals surface area contributed by atoms with E-state index in [1.54, 1.807) is 0 Å². The lowest BCUT2D eigenvalue weighted by Crippen LogP contribution is -2.44. The molecule has 0 spiro atoms. The number of hydrogen-bond donors (Lipinski definition) is 1. The summed E-state index contributed by atoms with van der Waals surface area (Å²) in [4.78, 5) is 26.5. The number of aryl methyl sites for hydroxylation is 1. The summed E-state index contributed by atoms with van der Waals surface area (Å²) in [6, 6.07) is 5.51. The van der Waals surface area contributed by atoms with Crippen LogP contribution in [0.2, 0.25) is 0 Å². The minimum Gasteiger partial charge on any atom is -0.359 e. The maximum Gasteiger partial charge on any atom is 0.396 e. The predicted molar refractivity (Wildman–Crippen MR) is 125 cm³/mol. The second kappa shape index (κ2) is 9.97. The lowest BCUT2D eigenvalue weighted by Gasteiger charge is -2.30. The Labute approximate surface area is 210 Å². The van der Waals surface area contributed by atoms with Gasteiger partial charge in [-0.15, -0.1) is 0 Å². The van der Waals surface area contributed by atoms with E-state index < -0.39 is 46.8 Å². The van der Waals surface area contributed by atoms with E-state index in [1.165, 1.54) is 44.0 Å². The van der Waals surface area contributed by atoms with Crippen LogP contribution in [0.5, 0.6) is 0 Å². The standard InChI is InChI=1S/C24H23F5N4O2S/c1-23(2)21(35)32(19-11-16(24(27,28)29)14(12-30)9-18(19)26)22(36)33(23)15-8-7-13(17(25)10-15)5-4-6-20(34)31-3/h7-11,14,16H,4-6H2,1-3H3,(H,31,34). The molecule has 1 saturated heterocycles. The summed E-state index contributed by atoms with van der Waals surface area (Å²) < 4.78 is 70.3. The van der Waals surface area contributed by atoms with Crippen LogP contribution in [0.25, 0.3) is 0 Å². The third-order valence-corrected chi connectivity index (χ3v) is 6.52. The van der Waals surface area contributed by atoms with E-state index in [2.05, 4.69) is 5.32 Å². The topological polar surface area (TPSA) is 76.4 Å². The van der Waals surface area contributed by atoms with Gasteiger partial charge in [0.15, 0.2) is 5.11 Å². The number of alkyl halides is 3. The molecule has 1 aliphatic carbocycles. The zero-order chi connectivity index (χ0) is 27.0. The van der Waals surface area contributed by atoms with Gasteiger partial charge in [0.2, 0.25) is 5.91 Å². The molecule has 0 radical (unpaired) electrons. The van der Waals surface area contributed by atoms with Crippen molar-refractivity contribution < 1.29 is 31.5 Å². The van der Waals surface area contributed by atoms with Crippen LogP contribution in [0.3, 0.4) is 0 Å². The van der Waals surface area contributed by atoms with Gasteiger partial charge in [-0.1, -0.05) is 6.07 Å². The van der Waals surface area contributed by atoms with E-state index in [9.17, 15) is 31.5 Å². The Morgan fingerprint density at radius 3 is 2.47 bits per heavy atom. The summed E-state index contributed by atoms with van der Waals surface area (Å²) in [6.45, 7) is 2.86. The molecule has 3 rings (SSSR count). The smallest absolute Gasteiger partial charge is 0.359 e. The molecule has 1 N–H and O–H groups in total. The molecule has 0 aromatic heterocycles. The van der Waals surface area contributed by atoms with Gasteiger partial charge in [-0.2, -0.15) is 18.4 Å². The normalized spacial score (nSPS) is 21.8. The minimum atomic E-state index is -4.86. The lowest BCUT2D eigenvalue weighted by molar-refractivity contribution is -0.167. The fourth-order valence-electron chi connectivity index (χ4n) is 4.18. The zero-order valence-electron chi connectivity index (χ0n) is 19.6. The molecule has 2 aliphatic rings. The van der Waals surface area contributed by atoms with Gasteiger partial charge in [-0.05, 0) is 68.8 Å². The molecular weight excluding hydrogens is 503 g/mol. The van der Waals surface area contributed by atoms with E-state index in [1.807, 2.05) is 0 Å². The van der Waals surface area contributed by atoms with Crippen LogP contribution in [-0.4, -0.2) is 40.6 Å².